The molecule has 0 aliphatic carbocycles. The maximum Gasteiger partial charge on any atom is 0.413 e. The topological polar surface area (TPSA) is 85.4 Å². The lowest BCUT2D eigenvalue weighted by Crippen LogP contribution is -2.27. The van der Waals surface area contributed by atoms with E-state index in [0.29, 0.717) is 5.82 Å². The van der Waals surface area contributed by atoms with Gasteiger partial charge in [0.1, 0.15) is 11.4 Å². The molecule has 0 aliphatic heterocycles. The molecule has 0 bridgehead atoms. The highest BCUT2D eigenvalue weighted by molar-refractivity contribution is 5.83. The Bertz CT molecular complexity index is 446. The van der Waals surface area contributed by atoms with Crippen molar-refractivity contribution in [1.29, 1.82) is 0 Å². The molecule has 19 heavy (non-hydrogen) atoms. The Morgan fingerprint density at radius 3 is 2.42 bits per heavy atom. The highest BCUT2D eigenvalue weighted by Gasteiger charge is 2.16. The van der Waals surface area contributed by atoms with Gasteiger partial charge < -0.3 is 4.74 Å². The molecule has 1 aromatic heterocycles. The number of hydrogen-bond acceptors (Lipinski definition) is 5. The van der Waals surface area contributed by atoms with Crippen LogP contribution in [0, 0.1) is 0 Å². The van der Waals surface area contributed by atoms with Gasteiger partial charge in [0, 0.05) is 5.69 Å². The van der Waals surface area contributed by atoms with Crippen LogP contribution in [0.4, 0.5) is 10.6 Å². The summed E-state index contributed by atoms with van der Waals surface area (Å²) >= 11 is 0. The van der Waals surface area contributed by atoms with E-state index in [4.69, 9.17) is 14.3 Å². The van der Waals surface area contributed by atoms with E-state index in [2.05, 4.69) is 10.3 Å². The van der Waals surface area contributed by atoms with Gasteiger partial charge in [0.05, 0.1) is 0 Å². The van der Waals surface area contributed by atoms with Gasteiger partial charge in [0.15, 0.2) is 0 Å². The van der Waals surface area contributed by atoms with Crippen molar-refractivity contribution >= 4 is 18.1 Å². The zero-order valence-corrected chi connectivity index (χ0v) is 11.5. The van der Waals surface area contributed by atoms with E-state index in [0.717, 1.165) is 12.1 Å². The Hall–Kier alpha value is -2.20. The third-order valence-electron chi connectivity index (χ3n) is 1.80. The van der Waals surface area contributed by atoms with Gasteiger partial charge in [-0.2, -0.15) is 9.59 Å². The molecule has 1 rings (SSSR count). The number of nitrogens with zero attached hydrogens (tertiary/aromatic N) is 1. The monoisotopic (exact) mass is 266 g/mol. The SMILES string of the molecule is CCc1cccc(NC(=O)OC(C)(C)C)n1.O=C=O. The van der Waals surface area contributed by atoms with E-state index in [-0.39, 0.29) is 6.15 Å². The molecule has 0 aliphatic rings. The average molecular weight is 266 g/mol. The molecule has 0 radical (unpaired) electrons. The van der Waals surface area contributed by atoms with Crippen molar-refractivity contribution in [3.8, 4) is 0 Å². The van der Waals surface area contributed by atoms with Crippen LogP contribution in [0.5, 0.6) is 0 Å². The molecule has 0 unspecified atom stereocenters. The third kappa shape index (κ3) is 8.51. The minimum absolute atomic E-state index is 0.250. The van der Waals surface area contributed by atoms with Crippen LogP contribution in [0.3, 0.4) is 0 Å². The van der Waals surface area contributed by atoms with Gasteiger partial charge in [-0.3, -0.25) is 5.32 Å². The highest BCUT2D eigenvalue weighted by atomic mass is 16.6. The van der Waals surface area contributed by atoms with Crippen molar-refractivity contribution < 1.29 is 19.1 Å². The van der Waals surface area contributed by atoms with Crippen molar-refractivity contribution in [3.63, 3.8) is 0 Å². The number of anilines is 1. The maximum absolute atomic E-state index is 11.5. The third-order valence-corrected chi connectivity index (χ3v) is 1.80. The van der Waals surface area contributed by atoms with Crippen LogP contribution < -0.4 is 5.32 Å². The van der Waals surface area contributed by atoms with Gasteiger partial charge in [-0.1, -0.05) is 13.0 Å². The van der Waals surface area contributed by atoms with Crippen molar-refractivity contribution in [2.75, 3.05) is 5.32 Å². The number of hydrogen-bond donors (Lipinski definition) is 1. The first-order valence-corrected chi connectivity index (χ1v) is 5.77. The lowest BCUT2D eigenvalue weighted by molar-refractivity contribution is -0.191. The van der Waals surface area contributed by atoms with Crippen molar-refractivity contribution in [2.24, 2.45) is 0 Å². The Balaban J connectivity index is 0.000000982. The molecule has 0 spiro atoms. The zero-order chi connectivity index (χ0) is 14.9. The fourth-order valence-corrected chi connectivity index (χ4v) is 1.15. The smallest absolute Gasteiger partial charge is 0.413 e. The van der Waals surface area contributed by atoms with Gasteiger partial charge >= 0.3 is 12.2 Å². The second-order valence-electron chi connectivity index (χ2n) is 4.58. The van der Waals surface area contributed by atoms with E-state index >= 15 is 0 Å². The van der Waals surface area contributed by atoms with Crippen LogP contribution in [0.15, 0.2) is 18.2 Å². The lowest BCUT2D eigenvalue weighted by Gasteiger charge is -2.19. The first-order chi connectivity index (χ1) is 8.82. The van der Waals surface area contributed by atoms with Crippen molar-refractivity contribution in [2.45, 2.75) is 39.7 Å². The molecule has 104 valence electrons. The number of ether oxygens (including phenoxy) is 1. The van der Waals surface area contributed by atoms with Crippen LogP contribution in [0.1, 0.15) is 33.4 Å². The number of carbonyl (C=O) groups is 1. The number of amides is 1. The fraction of sp³-hybridized carbons (Fsp3) is 0.462. The molecule has 1 N–H and O–H groups in total. The summed E-state index contributed by atoms with van der Waals surface area (Å²) in [6.45, 7) is 7.48. The molecule has 0 saturated heterocycles. The summed E-state index contributed by atoms with van der Waals surface area (Å²) in [6.07, 6.45) is 0.609. The van der Waals surface area contributed by atoms with Crippen LogP contribution in [0.25, 0.3) is 0 Å². The largest absolute Gasteiger partial charge is 0.444 e. The minimum atomic E-state index is -0.494. The number of rotatable bonds is 2. The quantitative estimate of drug-likeness (QED) is 0.888. The Kier molecular flexibility index (Phi) is 7.07. The van der Waals surface area contributed by atoms with E-state index in [1.807, 2.05) is 39.8 Å². The first kappa shape index (κ1) is 16.8. The number of carbonyl (C=O) groups excluding carboxylic acids is 3. The fourth-order valence-electron chi connectivity index (χ4n) is 1.15. The van der Waals surface area contributed by atoms with Crippen molar-refractivity contribution in [3.05, 3.63) is 23.9 Å². The number of nitrogens with one attached hydrogen (secondary N) is 1. The molecule has 0 saturated carbocycles. The van der Waals surface area contributed by atoms with Crippen LogP contribution in [0.2, 0.25) is 0 Å². The average Bonchev–Trinajstić information content (AvgIpc) is 2.27. The van der Waals surface area contributed by atoms with Gasteiger partial charge in [-0.05, 0) is 39.3 Å². The van der Waals surface area contributed by atoms with Crippen LogP contribution in [-0.4, -0.2) is 22.8 Å². The number of pyridine rings is 1. The van der Waals surface area contributed by atoms with Gasteiger partial charge in [-0.15, -0.1) is 0 Å². The zero-order valence-electron chi connectivity index (χ0n) is 11.5. The number of aryl methyl sites for hydroxylation is 1. The molecular weight excluding hydrogens is 248 g/mol. The summed E-state index contributed by atoms with van der Waals surface area (Å²) < 4.78 is 5.13. The van der Waals surface area contributed by atoms with Gasteiger partial charge in [-0.25, -0.2) is 9.78 Å². The van der Waals surface area contributed by atoms with E-state index in [9.17, 15) is 4.79 Å². The Labute approximate surface area is 112 Å². The predicted octanol–water partition coefficient (Wildman–Crippen LogP) is 2.41. The van der Waals surface area contributed by atoms with Crippen LogP contribution >= 0.6 is 0 Å². The molecule has 1 amide bonds. The van der Waals surface area contributed by atoms with E-state index in [1.54, 1.807) is 6.07 Å². The minimum Gasteiger partial charge on any atom is -0.444 e. The standard InChI is InChI=1S/C12H18N2O2.CO2/c1-5-9-7-6-8-10(13-9)14-11(15)16-12(2,3)4;2-1-3/h6-8H,5H2,1-4H3,(H,13,14,15);. The molecule has 6 heteroatoms. The molecule has 0 fully saturated rings. The van der Waals surface area contributed by atoms with Gasteiger partial charge in [0.25, 0.3) is 0 Å². The summed E-state index contributed by atoms with van der Waals surface area (Å²) in [7, 11) is 0. The molecule has 6 nitrogen and oxygen atoms in total. The number of aromatic nitrogens is 1. The molecule has 0 aromatic carbocycles. The summed E-state index contributed by atoms with van der Waals surface area (Å²) in [5, 5.41) is 2.60. The van der Waals surface area contributed by atoms with Gasteiger partial charge in [0.2, 0.25) is 0 Å². The summed E-state index contributed by atoms with van der Waals surface area (Å²) in [6, 6.07) is 5.52. The Morgan fingerprint density at radius 2 is 1.95 bits per heavy atom. The maximum atomic E-state index is 11.5. The Morgan fingerprint density at radius 1 is 1.37 bits per heavy atom. The summed E-state index contributed by atoms with van der Waals surface area (Å²) in [4.78, 5) is 32.0. The van der Waals surface area contributed by atoms with Crippen LogP contribution in [-0.2, 0) is 20.7 Å². The second-order valence-corrected chi connectivity index (χ2v) is 4.58. The summed E-state index contributed by atoms with van der Waals surface area (Å²) in [5.41, 5.74) is 0.445. The molecule has 0 atom stereocenters. The second kappa shape index (κ2) is 8.00. The van der Waals surface area contributed by atoms with E-state index in [1.165, 1.54) is 0 Å². The van der Waals surface area contributed by atoms with Crippen molar-refractivity contribution in [1.82, 2.24) is 4.98 Å². The highest BCUT2D eigenvalue weighted by Crippen LogP contribution is 2.10. The normalized spacial score (nSPS) is 9.68. The molecular formula is C13H18N2O4. The lowest BCUT2D eigenvalue weighted by atomic mass is 10.2. The predicted molar refractivity (Wildman–Crippen MR) is 68.5 cm³/mol. The molecule has 1 heterocycles. The molecule has 1 aromatic rings. The van der Waals surface area contributed by atoms with E-state index < -0.39 is 11.7 Å². The first-order valence-electron chi connectivity index (χ1n) is 5.77. The summed E-state index contributed by atoms with van der Waals surface area (Å²) in [5.74, 6) is 0.522.